The van der Waals surface area contributed by atoms with E-state index in [0.717, 1.165) is 13.0 Å². The molecule has 0 saturated heterocycles. The molecule has 1 N–H and O–H groups in total. The van der Waals surface area contributed by atoms with Gasteiger partial charge in [-0.1, -0.05) is 18.2 Å². The first kappa shape index (κ1) is 18.0. The number of amides is 1. The number of halogens is 1. The summed E-state index contributed by atoms with van der Waals surface area (Å²) < 4.78 is 24.4. The molecule has 0 fully saturated rings. The Morgan fingerprint density at radius 3 is 2.65 bits per heavy atom. The average molecular weight is 358 g/mol. The number of hydrogen-bond acceptors (Lipinski definition) is 4. The zero-order chi connectivity index (χ0) is 18.7. The van der Waals surface area contributed by atoms with Crippen molar-refractivity contribution >= 4 is 11.6 Å². The predicted molar refractivity (Wildman–Crippen MR) is 98.7 cm³/mol. The smallest absolute Gasteiger partial charge is 0.254 e. The molecule has 6 heteroatoms. The Hall–Kier alpha value is -2.76. The van der Waals surface area contributed by atoms with E-state index in [9.17, 15) is 9.18 Å². The van der Waals surface area contributed by atoms with Crippen LogP contribution in [0, 0.1) is 11.7 Å². The summed E-state index contributed by atoms with van der Waals surface area (Å²) in [6, 6.07) is 10.8. The van der Waals surface area contributed by atoms with Crippen molar-refractivity contribution < 1.29 is 18.7 Å². The van der Waals surface area contributed by atoms with Crippen LogP contribution in [0.2, 0.25) is 0 Å². The standard InChI is InChI=1S/C20H23FN2O3/c1-23-12-13(8-14-6-4-5-7-17(14)23)11-22-20(24)15-9-18(25-2)19(26-3)10-16(15)21/h4-7,9-10,13H,8,11-12H2,1-3H3,(H,22,24). The molecular formula is C20H23FN2O3. The topological polar surface area (TPSA) is 50.8 Å². The van der Waals surface area contributed by atoms with Crippen molar-refractivity contribution in [1.82, 2.24) is 5.32 Å². The van der Waals surface area contributed by atoms with Crippen LogP contribution in [-0.4, -0.2) is 40.3 Å². The van der Waals surface area contributed by atoms with E-state index in [1.165, 1.54) is 37.6 Å². The van der Waals surface area contributed by atoms with Crippen LogP contribution in [0.15, 0.2) is 36.4 Å². The first-order valence-corrected chi connectivity index (χ1v) is 8.52. The van der Waals surface area contributed by atoms with Crippen LogP contribution < -0.4 is 19.7 Å². The molecule has 1 amide bonds. The highest BCUT2D eigenvalue weighted by Crippen LogP contribution is 2.30. The minimum Gasteiger partial charge on any atom is -0.493 e. The molecule has 2 aromatic carbocycles. The number of carbonyl (C=O) groups is 1. The van der Waals surface area contributed by atoms with E-state index in [4.69, 9.17) is 9.47 Å². The molecule has 0 bridgehead atoms. The Morgan fingerprint density at radius 2 is 1.92 bits per heavy atom. The lowest BCUT2D eigenvalue weighted by Gasteiger charge is -2.33. The summed E-state index contributed by atoms with van der Waals surface area (Å²) in [6.07, 6.45) is 0.884. The minimum absolute atomic E-state index is 0.0489. The second-order valence-electron chi connectivity index (χ2n) is 6.48. The fourth-order valence-electron chi connectivity index (χ4n) is 3.41. The number of anilines is 1. The third kappa shape index (κ3) is 3.59. The molecule has 138 valence electrons. The van der Waals surface area contributed by atoms with Gasteiger partial charge in [-0.15, -0.1) is 0 Å². The predicted octanol–water partition coefficient (Wildman–Crippen LogP) is 2.88. The van der Waals surface area contributed by atoms with Gasteiger partial charge in [0.2, 0.25) is 0 Å². The Balaban J connectivity index is 1.68. The lowest BCUT2D eigenvalue weighted by Crippen LogP contribution is -2.39. The maximum absolute atomic E-state index is 14.2. The summed E-state index contributed by atoms with van der Waals surface area (Å²) in [5.74, 6) is -0.240. The van der Waals surface area contributed by atoms with Crippen molar-refractivity contribution in [3.05, 3.63) is 53.3 Å². The quantitative estimate of drug-likeness (QED) is 0.893. The van der Waals surface area contributed by atoms with Gasteiger partial charge < -0.3 is 19.7 Å². The minimum atomic E-state index is -0.633. The van der Waals surface area contributed by atoms with Crippen LogP contribution in [0.4, 0.5) is 10.1 Å². The summed E-state index contributed by atoms with van der Waals surface area (Å²) in [5, 5.41) is 2.85. The summed E-state index contributed by atoms with van der Waals surface area (Å²) in [5.41, 5.74) is 2.44. The van der Waals surface area contributed by atoms with Gasteiger partial charge in [-0.2, -0.15) is 0 Å². The Labute approximate surface area is 152 Å². The third-order valence-corrected chi connectivity index (χ3v) is 4.71. The lowest BCUT2D eigenvalue weighted by atomic mass is 9.92. The van der Waals surface area contributed by atoms with Gasteiger partial charge in [0, 0.05) is 31.9 Å². The highest BCUT2D eigenvalue weighted by molar-refractivity contribution is 5.95. The van der Waals surface area contributed by atoms with Gasteiger partial charge in [-0.3, -0.25) is 4.79 Å². The van der Waals surface area contributed by atoms with Crippen molar-refractivity contribution in [1.29, 1.82) is 0 Å². The van der Waals surface area contributed by atoms with Crippen LogP contribution in [0.5, 0.6) is 11.5 Å². The Kier molecular flexibility index (Phi) is 5.30. The number of para-hydroxylation sites is 1. The fourth-order valence-corrected chi connectivity index (χ4v) is 3.41. The SMILES string of the molecule is COc1cc(F)c(C(=O)NCC2Cc3ccccc3N(C)C2)cc1OC. The molecular weight excluding hydrogens is 335 g/mol. The van der Waals surface area contributed by atoms with Crippen molar-refractivity contribution in [3.8, 4) is 11.5 Å². The molecule has 1 aliphatic heterocycles. The van der Waals surface area contributed by atoms with Crippen LogP contribution in [-0.2, 0) is 6.42 Å². The molecule has 0 aliphatic carbocycles. The van der Waals surface area contributed by atoms with Gasteiger partial charge in [-0.25, -0.2) is 4.39 Å². The summed E-state index contributed by atoms with van der Waals surface area (Å²) >= 11 is 0. The number of hydrogen-bond donors (Lipinski definition) is 1. The molecule has 0 spiro atoms. The maximum Gasteiger partial charge on any atom is 0.254 e. The van der Waals surface area contributed by atoms with Gasteiger partial charge in [0.05, 0.1) is 19.8 Å². The first-order valence-electron chi connectivity index (χ1n) is 8.52. The first-order chi connectivity index (χ1) is 12.5. The number of carbonyl (C=O) groups excluding carboxylic acids is 1. The van der Waals surface area contributed by atoms with Crippen molar-refractivity contribution in [2.24, 2.45) is 5.92 Å². The number of fused-ring (bicyclic) bond motifs is 1. The molecule has 2 aromatic rings. The van der Waals surface area contributed by atoms with E-state index in [1.807, 2.05) is 19.2 Å². The zero-order valence-corrected chi connectivity index (χ0v) is 15.2. The second kappa shape index (κ2) is 7.64. The number of ether oxygens (including phenoxy) is 2. The fraction of sp³-hybridized carbons (Fsp3) is 0.350. The van der Waals surface area contributed by atoms with Crippen molar-refractivity contribution in [2.75, 3.05) is 39.3 Å². The largest absolute Gasteiger partial charge is 0.493 e. The molecule has 1 unspecified atom stereocenters. The molecule has 26 heavy (non-hydrogen) atoms. The van der Waals surface area contributed by atoms with Gasteiger partial charge in [-0.05, 0) is 30.0 Å². The zero-order valence-electron chi connectivity index (χ0n) is 15.2. The summed E-state index contributed by atoms with van der Waals surface area (Å²) in [7, 11) is 4.92. The molecule has 1 atom stereocenters. The summed E-state index contributed by atoms with van der Waals surface area (Å²) in [4.78, 5) is 14.6. The van der Waals surface area contributed by atoms with Crippen LogP contribution in [0.25, 0.3) is 0 Å². The monoisotopic (exact) mass is 358 g/mol. The number of methoxy groups -OCH3 is 2. The van der Waals surface area contributed by atoms with E-state index in [1.54, 1.807) is 0 Å². The number of nitrogens with zero attached hydrogens (tertiary/aromatic N) is 1. The molecule has 1 heterocycles. The van der Waals surface area contributed by atoms with E-state index in [0.29, 0.717) is 12.3 Å². The van der Waals surface area contributed by atoms with Crippen LogP contribution in [0.1, 0.15) is 15.9 Å². The van der Waals surface area contributed by atoms with Gasteiger partial charge in [0.1, 0.15) is 5.82 Å². The lowest BCUT2D eigenvalue weighted by molar-refractivity contribution is 0.0942. The molecule has 0 saturated carbocycles. The normalized spacial score (nSPS) is 16.0. The van der Waals surface area contributed by atoms with Crippen LogP contribution in [0.3, 0.4) is 0 Å². The number of benzene rings is 2. The highest BCUT2D eigenvalue weighted by atomic mass is 19.1. The summed E-state index contributed by atoms with van der Waals surface area (Å²) in [6.45, 7) is 1.32. The van der Waals surface area contributed by atoms with E-state index < -0.39 is 11.7 Å². The van der Waals surface area contributed by atoms with Crippen molar-refractivity contribution in [3.63, 3.8) is 0 Å². The Morgan fingerprint density at radius 1 is 1.23 bits per heavy atom. The van der Waals surface area contributed by atoms with Gasteiger partial charge in [0.25, 0.3) is 5.91 Å². The van der Waals surface area contributed by atoms with E-state index in [-0.39, 0.29) is 17.2 Å². The van der Waals surface area contributed by atoms with Crippen molar-refractivity contribution in [2.45, 2.75) is 6.42 Å². The third-order valence-electron chi connectivity index (χ3n) is 4.71. The van der Waals surface area contributed by atoms with Gasteiger partial charge in [0.15, 0.2) is 11.5 Å². The number of nitrogens with one attached hydrogen (secondary N) is 1. The second-order valence-corrected chi connectivity index (χ2v) is 6.48. The maximum atomic E-state index is 14.2. The van der Waals surface area contributed by atoms with Crippen LogP contribution >= 0.6 is 0 Å². The van der Waals surface area contributed by atoms with E-state index >= 15 is 0 Å². The van der Waals surface area contributed by atoms with E-state index in [2.05, 4.69) is 22.3 Å². The van der Waals surface area contributed by atoms with Gasteiger partial charge >= 0.3 is 0 Å². The molecule has 1 aliphatic rings. The molecule has 0 aromatic heterocycles. The average Bonchev–Trinajstić information content (AvgIpc) is 2.65. The highest BCUT2D eigenvalue weighted by Gasteiger charge is 2.23. The molecule has 5 nitrogen and oxygen atoms in total. The molecule has 3 rings (SSSR count). The molecule has 0 radical (unpaired) electrons. The Bertz CT molecular complexity index is 810. The number of rotatable bonds is 5.